The third-order valence-electron chi connectivity index (χ3n) is 2.54. The summed E-state index contributed by atoms with van der Waals surface area (Å²) in [4.78, 5) is 17.8. The summed E-state index contributed by atoms with van der Waals surface area (Å²) in [6, 6.07) is 12.9. The summed E-state index contributed by atoms with van der Waals surface area (Å²) in [5.74, 6) is 0. The number of nitrogens with zero attached hydrogens (tertiary/aromatic N) is 2. The van der Waals surface area contributed by atoms with E-state index in [4.69, 9.17) is 0 Å². The van der Waals surface area contributed by atoms with Gasteiger partial charge in [0.15, 0.2) is 0 Å². The Morgan fingerprint density at radius 1 is 1.22 bits per heavy atom. The Balaban J connectivity index is 2.12. The molecule has 0 aliphatic carbocycles. The van der Waals surface area contributed by atoms with Gasteiger partial charge in [-0.3, -0.25) is 9.88 Å². The number of aromatic nitrogens is 1. The van der Waals surface area contributed by atoms with Gasteiger partial charge in [-0.2, -0.15) is 0 Å². The molecular weight excluding hydrogens is 226 g/mol. The lowest BCUT2D eigenvalue weighted by Gasteiger charge is -2.21. The van der Waals surface area contributed by atoms with Crippen LogP contribution in [0.1, 0.15) is 6.92 Å². The van der Waals surface area contributed by atoms with Crippen LogP contribution in [0.5, 0.6) is 0 Å². The van der Waals surface area contributed by atoms with Crippen molar-refractivity contribution < 1.29 is 4.79 Å². The maximum Gasteiger partial charge on any atom is 0.326 e. The molecule has 1 N–H and O–H groups in total. The standard InChI is InChI=1S/C14H15N3O/c1-2-17(13-9-6-10-15-11-13)14(18)16-12-7-4-3-5-8-12/h3-11H,2H2,1H3,(H,16,18). The normalized spacial score (nSPS) is 9.83. The summed E-state index contributed by atoms with van der Waals surface area (Å²) in [6.07, 6.45) is 3.36. The van der Waals surface area contributed by atoms with Gasteiger partial charge in [-0.1, -0.05) is 18.2 Å². The molecule has 0 atom stereocenters. The zero-order valence-electron chi connectivity index (χ0n) is 10.2. The molecule has 0 aliphatic rings. The van der Waals surface area contributed by atoms with Crippen LogP contribution >= 0.6 is 0 Å². The Hall–Kier alpha value is -2.36. The summed E-state index contributed by atoms with van der Waals surface area (Å²) in [6.45, 7) is 2.52. The molecule has 92 valence electrons. The molecule has 0 spiro atoms. The van der Waals surface area contributed by atoms with Crippen molar-refractivity contribution in [3.05, 3.63) is 54.9 Å². The number of hydrogen-bond acceptors (Lipinski definition) is 2. The molecule has 2 aromatic rings. The fourth-order valence-electron chi connectivity index (χ4n) is 1.67. The first kappa shape index (κ1) is 12.1. The highest BCUT2D eigenvalue weighted by molar-refractivity contribution is 6.01. The number of benzene rings is 1. The van der Waals surface area contributed by atoms with Crippen LogP contribution in [0.25, 0.3) is 0 Å². The van der Waals surface area contributed by atoms with E-state index >= 15 is 0 Å². The van der Waals surface area contributed by atoms with Gasteiger partial charge >= 0.3 is 6.03 Å². The molecule has 1 aromatic carbocycles. The number of urea groups is 1. The number of anilines is 2. The fraction of sp³-hybridized carbons (Fsp3) is 0.143. The molecule has 0 saturated carbocycles. The SMILES string of the molecule is CCN(C(=O)Nc1ccccc1)c1cccnc1. The Bertz CT molecular complexity index is 499. The van der Waals surface area contributed by atoms with E-state index in [-0.39, 0.29) is 6.03 Å². The Morgan fingerprint density at radius 2 is 2.00 bits per heavy atom. The molecule has 0 fully saturated rings. The molecule has 1 aromatic heterocycles. The van der Waals surface area contributed by atoms with Gasteiger partial charge in [0.2, 0.25) is 0 Å². The van der Waals surface area contributed by atoms with Crippen LogP contribution in [0.4, 0.5) is 16.2 Å². The Morgan fingerprint density at radius 3 is 2.61 bits per heavy atom. The Kier molecular flexibility index (Phi) is 3.91. The molecule has 4 heteroatoms. The summed E-state index contributed by atoms with van der Waals surface area (Å²) >= 11 is 0. The second-order valence-corrected chi connectivity index (χ2v) is 3.75. The van der Waals surface area contributed by atoms with Gasteiger partial charge in [-0.15, -0.1) is 0 Å². The van der Waals surface area contributed by atoms with Crippen molar-refractivity contribution in [1.29, 1.82) is 0 Å². The highest BCUT2D eigenvalue weighted by atomic mass is 16.2. The fourth-order valence-corrected chi connectivity index (χ4v) is 1.67. The van der Waals surface area contributed by atoms with Gasteiger partial charge in [0.05, 0.1) is 11.9 Å². The van der Waals surface area contributed by atoms with Crippen molar-refractivity contribution in [3.63, 3.8) is 0 Å². The van der Waals surface area contributed by atoms with Crippen LogP contribution in [0.2, 0.25) is 0 Å². The predicted octanol–water partition coefficient (Wildman–Crippen LogP) is 3.14. The van der Waals surface area contributed by atoms with Gasteiger partial charge in [0, 0.05) is 18.4 Å². The second-order valence-electron chi connectivity index (χ2n) is 3.75. The third-order valence-corrected chi connectivity index (χ3v) is 2.54. The van der Waals surface area contributed by atoms with Crippen LogP contribution in [0, 0.1) is 0 Å². The highest BCUT2D eigenvalue weighted by Gasteiger charge is 2.13. The highest BCUT2D eigenvalue weighted by Crippen LogP contribution is 2.14. The molecule has 2 rings (SSSR count). The third kappa shape index (κ3) is 2.85. The van der Waals surface area contributed by atoms with Crippen molar-refractivity contribution >= 4 is 17.4 Å². The lowest BCUT2D eigenvalue weighted by Crippen LogP contribution is -2.34. The number of pyridine rings is 1. The molecule has 18 heavy (non-hydrogen) atoms. The van der Waals surface area contributed by atoms with Crippen LogP contribution in [-0.4, -0.2) is 17.6 Å². The maximum atomic E-state index is 12.1. The van der Waals surface area contributed by atoms with Crippen LogP contribution in [0.15, 0.2) is 54.9 Å². The number of carbonyl (C=O) groups excluding carboxylic acids is 1. The van der Waals surface area contributed by atoms with E-state index in [0.717, 1.165) is 11.4 Å². The molecule has 0 unspecified atom stereocenters. The van der Waals surface area contributed by atoms with Crippen LogP contribution < -0.4 is 10.2 Å². The second kappa shape index (κ2) is 5.82. The van der Waals surface area contributed by atoms with Crippen molar-refractivity contribution in [2.24, 2.45) is 0 Å². The van der Waals surface area contributed by atoms with E-state index in [1.807, 2.05) is 49.4 Å². The van der Waals surface area contributed by atoms with Gasteiger partial charge in [0.25, 0.3) is 0 Å². The number of nitrogens with one attached hydrogen (secondary N) is 1. The first-order valence-electron chi connectivity index (χ1n) is 5.85. The van der Waals surface area contributed by atoms with Crippen molar-refractivity contribution in [3.8, 4) is 0 Å². The van der Waals surface area contributed by atoms with Gasteiger partial charge in [-0.05, 0) is 31.2 Å². The van der Waals surface area contributed by atoms with Crippen LogP contribution in [0.3, 0.4) is 0 Å². The average molecular weight is 241 g/mol. The minimum Gasteiger partial charge on any atom is -0.308 e. The van der Waals surface area contributed by atoms with E-state index < -0.39 is 0 Å². The minimum atomic E-state index is -0.156. The van der Waals surface area contributed by atoms with E-state index in [0.29, 0.717) is 6.54 Å². The molecule has 1 heterocycles. The number of carbonyl (C=O) groups is 1. The van der Waals surface area contributed by atoms with E-state index in [9.17, 15) is 4.79 Å². The quantitative estimate of drug-likeness (QED) is 0.897. The van der Waals surface area contributed by atoms with Gasteiger partial charge in [0.1, 0.15) is 0 Å². The molecule has 0 bridgehead atoms. The first-order chi connectivity index (χ1) is 8.81. The predicted molar refractivity (Wildman–Crippen MR) is 72.7 cm³/mol. The van der Waals surface area contributed by atoms with Crippen molar-refractivity contribution in [1.82, 2.24) is 4.98 Å². The molecular formula is C14H15N3O. The zero-order chi connectivity index (χ0) is 12.8. The van der Waals surface area contributed by atoms with Crippen molar-refractivity contribution in [2.75, 3.05) is 16.8 Å². The molecule has 0 saturated heterocycles. The smallest absolute Gasteiger partial charge is 0.308 e. The summed E-state index contributed by atoms with van der Waals surface area (Å²) in [5, 5.41) is 2.85. The lowest BCUT2D eigenvalue weighted by molar-refractivity contribution is 0.257. The molecule has 0 radical (unpaired) electrons. The molecule has 0 aliphatic heterocycles. The summed E-state index contributed by atoms with van der Waals surface area (Å²) < 4.78 is 0. The monoisotopic (exact) mass is 241 g/mol. The number of hydrogen-bond donors (Lipinski definition) is 1. The van der Waals surface area contributed by atoms with Crippen molar-refractivity contribution in [2.45, 2.75) is 6.92 Å². The lowest BCUT2D eigenvalue weighted by atomic mass is 10.3. The number of rotatable bonds is 3. The zero-order valence-corrected chi connectivity index (χ0v) is 10.2. The number of amides is 2. The van der Waals surface area contributed by atoms with E-state index in [2.05, 4.69) is 10.3 Å². The van der Waals surface area contributed by atoms with E-state index in [1.165, 1.54) is 0 Å². The largest absolute Gasteiger partial charge is 0.326 e. The van der Waals surface area contributed by atoms with Gasteiger partial charge < -0.3 is 5.32 Å². The molecule has 2 amide bonds. The Labute approximate surface area is 106 Å². The topological polar surface area (TPSA) is 45.2 Å². The summed E-state index contributed by atoms with van der Waals surface area (Å²) in [5.41, 5.74) is 1.57. The van der Waals surface area contributed by atoms with E-state index in [1.54, 1.807) is 17.3 Å². The maximum absolute atomic E-state index is 12.1. The minimum absolute atomic E-state index is 0.156. The summed E-state index contributed by atoms with van der Waals surface area (Å²) in [7, 11) is 0. The number of para-hydroxylation sites is 1. The van der Waals surface area contributed by atoms with Gasteiger partial charge in [-0.25, -0.2) is 4.79 Å². The molecule has 4 nitrogen and oxygen atoms in total. The average Bonchev–Trinajstić information content (AvgIpc) is 2.42. The first-order valence-corrected chi connectivity index (χ1v) is 5.85. The van der Waals surface area contributed by atoms with Crippen LogP contribution in [-0.2, 0) is 0 Å².